The molecule has 0 aliphatic rings. The summed E-state index contributed by atoms with van der Waals surface area (Å²) < 4.78 is 0. The van der Waals surface area contributed by atoms with Crippen LogP contribution in [0.2, 0.25) is 0 Å². The summed E-state index contributed by atoms with van der Waals surface area (Å²) in [5, 5.41) is 9.54. The lowest BCUT2D eigenvalue weighted by Gasteiger charge is -2.17. The zero-order chi connectivity index (χ0) is 8.69. The van der Waals surface area contributed by atoms with Gasteiger partial charge in [-0.2, -0.15) is 0 Å². The lowest BCUT2D eigenvalue weighted by molar-refractivity contribution is 0.107. The maximum absolute atomic E-state index is 9.54. The van der Waals surface area contributed by atoms with E-state index in [9.17, 15) is 5.11 Å². The minimum Gasteiger partial charge on any atom is -0.392 e. The number of hydrogen-bond acceptors (Lipinski definition) is 1. The summed E-state index contributed by atoms with van der Waals surface area (Å²) in [5.74, 6) is 6.12. The van der Waals surface area contributed by atoms with Gasteiger partial charge in [-0.15, -0.1) is 11.8 Å². The predicted octanol–water partition coefficient (Wildman–Crippen LogP) is 2.20. The normalized spacial score (nSPS) is 12.5. The van der Waals surface area contributed by atoms with E-state index in [1.807, 2.05) is 0 Å². The third-order valence-electron chi connectivity index (χ3n) is 2.08. The van der Waals surface area contributed by atoms with Gasteiger partial charge < -0.3 is 5.11 Å². The van der Waals surface area contributed by atoms with Gasteiger partial charge in [0.15, 0.2) is 0 Å². The zero-order valence-corrected chi connectivity index (χ0v) is 7.72. The summed E-state index contributed by atoms with van der Waals surface area (Å²) in [6.45, 7) is 6.02. The highest BCUT2D eigenvalue weighted by Crippen LogP contribution is 2.14. The van der Waals surface area contributed by atoms with Gasteiger partial charge in [0.25, 0.3) is 0 Å². The Kier molecular flexibility index (Phi) is 5.97. The molecule has 64 valence electrons. The smallest absolute Gasteiger partial charge is 0.0677 e. The van der Waals surface area contributed by atoms with Crippen molar-refractivity contribution in [3.8, 4) is 11.8 Å². The van der Waals surface area contributed by atoms with Crippen molar-refractivity contribution < 1.29 is 5.11 Å². The molecule has 1 unspecified atom stereocenters. The van der Waals surface area contributed by atoms with Crippen molar-refractivity contribution in [3.05, 3.63) is 0 Å². The standard InChI is InChI=1S/C10H18O/c1-4-7-8-10(11)9(5-2)6-3/h9-11H,5-6,8H2,1-3H3. The van der Waals surface area contributed by atoms with Gasteiger partial charge in [-0.05, 0) is 12.8 Å². The molecule has 0 aliphatic heterocycles. The second-order valence-corrected chi connectivity index (χ2v) is 2.77. The van der Waals surface area contributed by atoms with Crippen molar-refractivity contribution in [1.29, 1.82) is 0 Å². The average molecular weight is 154 g/mol. The van der Waals surface area contributed by atoms with Crippen molar-refractivity contribution in [3.63, 3.8) is 0 Å². The molecule has 0 saturated heterocycles. The molecular formula is C10H18O. The molecule has 1 atom stereocenters. The van der Waals surface area contributed by atoms with E-state index in [1.165, 1.54) is 0 Å². The first kappa shape index (κ1) is 10.5. The summed E-state index contributed by atoms with van der Waals surface area (Å²) >= 11 is 0. The van der Waals surface area contributed by atoms with Crippen LogP contribution in [0.25, 0.3) is 0 Å². The Morgan fingerprint density at radius 1 is 1.27 bits per heavy atom. The van der Waals surface area contributed by atoms with Crippen LogP contribution >= 0.6 is 0 Å². The van der Waals surface area contributed by atoms with Crippen LogP contribution in [0.15, 0.2) is 0 Å². The van der Waals surface area contributed by atoms with E-state index in [0.717, 1.165) is 12.8 Å². The van der Waals surface area contributed by atoms with Crippen LogP contribution in [0.5, 0.6) is 0 Å². The molecule has 0 aromatic rings. The quantitative estimate of drug-likeness (QED) is 0.615. The van der Waals surface area contributed by atoms with Crippen molar-refractivity contribution in [2.75, 3.05) is 0 Å². The van der Waals surface area contributed by atoms with Gasteiger partial charge in [0.1, 0.15) is 0 Å². The molecule has 0 heterocycles. The summed E-state index contributed by atoms with van der Waals surface area (Å²) in [5.41, 5.74) is 0. The first-order valence-electron chi connectivity index (χ1n) is 4.33. The summed E-state index contributed by atoms with van der Waals surface area (Å²) in [7, 11) is 0. The van der Waals surface area contributed by atoms with E-state index in [0.29, 0.717) is 12.3 Å². The Hall–Kier alpha value is -0.480. The zero-order valence-electron chi connectivity index (χ0n) is 7.72. The molecule has 11 heavy (non-hydrogen) atoms. The minimum absolute atomic E-state index is 0.225. The van der Waals surface area contributed by atoms with Gasteiger partial charge >= 0.3 is 0 Å². The fourth-order valence-corrected chi connectivity index (χ4v) is 1.21. The molecule has 0 spiro atoms. The van der Waals surface area contributed by atoms with E-state index in [1.54, 1.807) is 6.92 Å². The Morgan fingerprint density at radius 3 is 2.18 bits per heavy atom. The highest BCUT2D eigenvalue weighted by molar-refractivity contribution is 4.97. The lowest BCUT2D eigenvalue weighted by atomic mass is 9.95. The lowest BCUT2D eigenvalue weighted by Crippen LogP contribution is -2.18. The average Bonchev–Trinajstić information content (AvgIpc) is 2.03. The van der Waals surface area contributed by atoms with E-state index < -0.39 is 0 Å². The Morgan fingerprint density at radius 2 is 1.82 bits per heavy atom. The molecular weight excluding hydrogens is 136 g/mol. The fourth-order valence-electron chi connectivity index (χ4n) is 1.21. The minimum atomic E-state index is -0.225. The van der Waals surface area contributed by atoms with Crippen LogP contribution in [-0.2, 0) is 0 Å². The van der Waals surface area contributed by atoms with Crippen molar-refractivity contribution >= 4 is 0 Å². The second-order valence-electron chi connectivity index (χ2n) is 2.77. The summed E-state index contributed by atoms with van der Waals surface area (Å²) in [4.78, 5) is 0. The van der Waals surface area contributed by atoms with E-state index in [2.05, 4.69) is 25.7 Å². The van der Waals surface area contributed by atoms with Gasteiger partial charge in [-0.25, -0.2) is 0 Å². The Bertz CT molecular complexity index is 137. The first-order valence-corrected chi connectivity index (χ1v) is 4.33. The molecule has 0 bridgehead atoms. The van der Waals surface area contributed by atoms with E-state index >= 15 is 0 Å². The van der Waals surface area contributed by atoms with Gasteiger partial charge in [-0.3, -0.25) is 0 Å². The molecule has 0 aromatic carbocycles. The molecule has 0 radical (unpaired) electrons. The molecule has 0 aliphatic carbocycles. The Balaban J connectivity index is 3.74. The molecule has 1 nitrogen and oxygen atoms in total. The fraction of sp³-hybridized carbons (Fsp3) is 0.800. The van der Waals surface area contributed by atoms with Gasteiger partial charge in [-0.1, -0.05) is 26.7 Å². The molecule has 0 rings (SSSR count). The molecule has 0 amide bonds. The molecule has 1 heteroatoms. The van der Waals surface area contributed by atoms with E-state index in [-0.39, 0.29) is 6.10 Å². The topological polar surface area (TPSA) is 20.2 Å². The van der Waals surface area contributed by atoms with Crippen LogP contribution in [0.3, 0.4) is 0 Å². The maximum atomic E-state index is 9.54. The summed E-state index contributed by atoms with van der Waals surface area (Å²) in [6, 6.07) is 0. The van der Waals surface area contributed by atoms with E-state index in [4.69, 9.17) is 0 Å². The highest BCUT2D eigenvalue weighted by Gasteiger charge is 2.13. The number of aliphatic hydroxyl groups is 1. The number of aliphatic hydroxyl groups excluding tert-OH is 1. The van der Waals surface area contributed by atoms with Crippen molar-refractivity contribution in [1.82, 2.24) is 0 Å². The van der Waals surface area contributed by atoms with Crippen molar-refractivity contribution in [2.45, 2.75) is 46.1 Å². The number of rotatable bonds is 4. The Labute approximate surface area is 69.8 Å². The largest absolute Gasteiger partial charge is 0.392 e. The SMILES string of the molecule is CC#CCC(O)C(CC)CC. The van der Waals surface area contributed by atoms with Gasteiger partial charge in [0.2, 0.25) is 0 Å². The molecule has 0 aromatic heterocycles. The van der Waals surface area contributed by atoms with Gasteiger partial charge in [0.05, 0.1) is 6.10 Å². The predicted molar refractivity (Wildman–Crippen MR) is 48.1 cm³/mol. The monoisotopic (exact) mass is 154 g/mol. The molecule has 0 fully saturated rings. The second kappa shape index (κ2) is 6.24. The first-order chi connectivity index (χ1) is 5.26. The molecule has 1 N–H and O–H groups in total. The van der Waals surface area contributed by atoms with Crippen LogP contribution in [0.4, 0.5) is 0 Å². The number of hydrogen-bond donors (Lipinski definition) is 1. The third kappa shape index (κ3) is 4.06. The van der Waals surface area contributed by atoms with Crippen LogP contribution in [0, 0.1) is 17.8 Å². The van der Waals surface area contributed by atoms with Gasteiger partial charge in [0, 0.05) is 6.42 Å². The van der Waals surface area contributed by atoms with Crippen LogP contribution in [0.1, 0.15) is 40.0 Å². The van der Waals surface area contributed by atoms with Crippen molar-refractivity contribution in [2.24, 2.45) is 5.92 Å². The third-order valence-corrected chi connectivity index (χ3v) is 2.08. The highest BCUT2D eigenvalue weighted by atomic mass is 16.3. The maximum Gasteiger partial charge on any atom is 0.0677 e. The van der Waals surface area contributed by atoms with Crippen LogP contribution in [-0.4, -0.2) is 11.2 Å². The summed E-state index contributed by atoms with van der Waals surface area (Å²) in [6.07, 6.45) is 2.49. The molecule has 0 saturated carbocycles. The van der Waals surface area contributed by atoms with Crippen LogP contribution < -0.4 is 0 Å².